The van der Waals surface area contributed by atoms with Gasteiger partial charge in [-0.2, -0.15) is 0 Å². The van der Waals surface area contributed by atoms with Gasteiger partial charge in [-0.05, 0) is 44.2 Å². The number of H-pyrrole nitrogens is 1. The molecule has 30 heavy (non-hydrogen) atoms. The largest absolute Gasteiger partial charge is 0.469 e. The summed E-state index contributed by atoms with van der Waals surface area (Å²) in [6.45, 7) is 1.27. The molecule has 8 heteroatoms. The second-order valence-electron chi connectivity index (χ2n) is 8.11. The number of nitrogens with zero attached hydrogens (tertiary/aromatic N) is 3. The van der Waals surface area contributed by atoms with Crippen LogP contribution in [0.1, 0.15) is 49.8 Å². The van der Waals surface area contributed by atoms with Crippen LogP contribution in [0.3, 0.4) is 0 Å². The molecule has 4 rings (SSSR count). The lowest BCUT2D eigenvalue weighted by Crippen LogP contribution is -2.48. The number of hydrogen-bond donors (Lipinski definition) is 1. The molecule has 1 atom stereocenters. The van der Waals surface area contributed by atoms with Gasteiger partial charge in [0.25, 0.3) is 5.56 Å². The number of carbonyl (C=O) groups excluding carboxylic acids is 2. The summed E-state index contributed by atoms with van der Waals surface area (Å²) < 4.78 is 4.64. The van der Waals surface area contributed by atoms with Crippen molar-refractivity contribution in [1.29, 1.82) is 0 Å². The summed E-state index contributed by atoms with van der Waals surface area (Å²) in [6, 6.07) is 3.69. The van der Waals surface area contributed by atoms with Crippen LogP contribution in [-0.2, 0) is 26.2 Å². The Balaban J connectivity index is 1.56. The molecule has 2 aromatic rings. The predicted molar refractivity (Wildman–Crippen MR) is 110 cm³/mol. The van der Waals surface area contributed by atoms with Crippen molar-refractivity contribution in [3.63, 3.8) is 0 Å². The summed E-state index contributed by atoms with van der Waals surface area (Å²) in [4.78, 5) is 50.5. The van der Waals surface area contributed by atoms with E-state index in [1.807, 2.05) is 17.0 Å². The third-order valence-corrected chi connectivity index (χ3v) is 6.24. The second-order valence-corrected chi connectivity index (χ2v) is 8.11. The van der Waals surface area contributed by atoms with Crippen molar-refractivity contribution in [1.82, 2.24) is 19.9 Å². The lowest BCUT2D eigenvalue weighted by molar-refractivity contribution is -0.141. The van der Waals surface area contributed by atoms with Crippen LogP contribution in [0.25, 0.3) is 11.4 Å². The number of methoxy groups -OCH3 is 1. The standard InChI is InChI=1S/C22H26N4O4/c1-30-18(28)7-2-6-17(27)26-12-4-9-22(14-26)10-8-16-19(22)24-20(25-21(16)29)15-5-3-11-23-13-15/h3,5,11,13H,2,4,6-10,12,14H2,1H3,(H,24,25,29). The average molecular weight is 410 g/mol. The fourth-order valence-electron chi connectivity index (χ4n) is 4.68. The van der Waals surface area contributed by atoms with E-state index in [0.29, 0.717) is 38.2 Å². The lowest BCUT2D eigenvalue weighted by Gasteiger charge is -2.40. The Morgan fingerprint density at radius 1 is 1.30 bits per heavy atom. The van der Waals surface area contributed by atoms with Gasteiger partial charge in [0.15, 0.2) is 0 Å². The molecular weight excluding hydrogens is 384 g/mol. The monoisotopic (exact) mass is 410 g/mol. The normalized spacial score (nSPS) is 20.2. The van der Waals surface area contributed by atoms with E-state index in [-0.39, 0.29) is 29.3 Å². The van der Waals surface area contributed by atoms with E-state index in [4.69, 9.17) is 4.98 Å². The van der Waals surface area contributed by atoms with Crippen molar-refractivity contribution >= 4 is 11.9 Å². The minimum Gasteiger partial charge on any atom is -0.469 e. The maximum Gasteiger partial charge on any atom is 0.305 e. The molecule has 1 aliphatic carbocycles. The van der Waals surface area contributed by atoms with Crippen molar-refractivity contribution < 1.29 is 14.3 Å². The molecule has 1 fully saturated rings. The van der Waals surface area contributed by atoms with Gasteiger partial charge in [-0.3, -0.25) is 19.4 Å². The van der Waals surface area contributed by atoms with Gasteiger partial charge < -0.3 is 14.6 Å². The number of pyridine rings is 1. The van der Waals surface area contributed by atoms with Crippen molar-refractivity contribution in [3.05, 3.63) is 46.1 Å². The number of aromatic nitrogens is 3. The molecule has 1 amide bonds. The van der Waals surface area contributed by atoms with Crippen molar-refractivity contribution in [3.8, 4) is 11.4 Å². The zero-order chi connectivity index (χ0) is 21.1. The van der Waals surface area contributed by atoms with Gasteiger partial charge in [0.1, 0.15) is 5.82 Å². The summed E-state index contributed by atoms with van der Waals surface area (Å²) >= 11 is 0. The first-order chi connectivity index (χ1) is 14.5. The van der Waals surface area contributed by atoms with Crippen molar-refractivity contribution in [2.24, 2.45) is 0 Å². The van der Waals surface area contributed by atoms with Crippen LogP contribution in [0.15, 0.2) is 29.3 Å². The third-order valence-electron chi connectivity index (χ3n) is 6.24. The number of aromatic amines is 1. The van der Waals surface area contributed by atoms with E-state index < -0.39 is 0 Å². The number of likely N-dealkylation sites (tertiary alicyclic amines) is 1. The fourth-order valence-corrected chi connectivity index (χ4v) is 4.68. The molecule has 1 unspecified atom stereocenters. The van der Waals surface area contributed by atoms with Gasteiger partial charge >= 0.3 is 5.97 Å². The maximum atomic E-state index is 12.8. The smallest absolute Gasteiger partial charge is 0.305 e. The van der Waals surface area contributed by atoms with Crippen LogP contribution in [0.5, 0.6) is 0 Å². The van der Waals surface area contributed by atoms with Gasteiger partial charge in [-0.25, -0.2) is 4.98 Å². The van der Waals surface area contributed by atoms with Crippen LogP contribution in [0, 0.1) is 0 Å². The second kappa shape index (κ2) is 8.38. The maximum absolute atomic E-state index is 12.8. The van der Waals surface area contributed by atoms with Crippen LogP contribution >= 0.6 is 0 Å². The molecule has 0 bridgehead atoms. The number of hydrogen-bond acceptors (Lipinski definition) is 6. The van der Waals surface area contributed by atoms with E-state index in [9.17, 15) is 14.4 Å². The van der Waals surface area contributed by atoms with E-state index in [0.717, 1.165) is 36.1 Å². The molecule has 0 aromatic carbocycles. The first-order valence-electron chi connectivity index (χ1n) is 10.4. The highest BCUT2D eigenvalue weighted by Gasteiger charge is 2.45. The van der Waals surface area contributed by atoms with Crippen molar-refractivity contribution in [2.75, 3.05) is 20.2 Å². The molecule has 8 nitrogen and oxygen atoms in total. The summed E-state index contributed by atoms with van der Waals surface area (Å²) in [6.07, 6.45) is 7.70. The number of nitrogens with one attached hydrogen (secondary N) is 1. The van der Waals surface area contributed by atoms with Crippen molar-refractivity contribution in [2.45, 2.75) is 50.4 Å². The number of piperidine rings is 1. The summed E-state index contributed by atoms with van der Waals surface area (Å²) in [7, 11) is 1.35. The zero-order valence-electron chi connectivity index (χ0n) is 17.1. The molecule has 0 radical (unpaired) electrons. The van der Waals surface area contributed by atoms with Gasteiger partial charge in [0.05, 0.1) is 12.8 Å². The Labute approximate surface area is 174 Å². The highest BCUT2D eigenvalue weighted by Crippen LogP contribution is 2.43. The Morgan fingerprint density at radius 2 is 2.17 bits per heavy atom. The zero-order valence-corrected chi connectivity index (χ0v) is 17.1. The minimum absolute atomic E-state index is 0.0451. The molecule has 158 valence electrons. The summed E-state index contributed by atoms with van der Waals surface area (Å²) in [5.74, 6) is 0.271. The van der Waals surface area contributed by atoms with Gasteiger partial charge in [0.2, 0.25) is 5.91 Å². The number of carbonyl (C=O) groups is 2. The number of rotatable bonds is 5. The molecule has 0 saturated carbocycles. The van der Waals surface area contributed by atoms with Gasteiger partial charge in [-0.1, -0.05) is 0 Å². The lowest BCUT2D eigenvalue weighted by atomic mass is 9.77. The topological polar surface area (TPSA) is 105 Å². The number of amides is 1. The Morgan fingerprint density at radius 3 is 2.93 bits per heavy atom. The van der Waals surface area contributed by atoms with E-state index in [1.54, 1.807) is 12.4 Å². The Hall–Kier alpha value is -3.03. The molecular formula is C22H26N4O4. The molecule has 1 saturated heterocycles. The predicted octanol–water partition coefficient (Wildman–Crippen LogP) is 1.98. The first-order valence-corrected chi connectivity index (χ1v) is 10.4. The van der Waals surface area contributed by atoms with Gasteiger partial charge in [-0.15, -0.1) is 0 Å². The Kier molecular flexibility index (Phi) is 5.65. The minimum atomic E-state index is -0.297. The fraction of sp³-hybridized carbons (Fsp3) is 0.500. The molecule has 3 heterocycles. The van der Waals surface area contributed by atoms with Crippen LogP contribution in [0.4, 0.5) is 0 Å². The Bertz CT molecular complexity index is 1000. The quantitative estimate of drug-likeness (QED) is 0.756. The molecule has 2 aliphatic rings. The van der Waals surface area contributed by atoms with E-state index in [2.05, 4.69) is 14.7 Å². The highest BCUT2D eigenvalue weighted by atomic mass is 16.5. The molecule has 2 aromatic heterocycles. The van der Waals surface area contributed by atoms with E-state index in [1.165, 1.54) is 7.11 Å². The number of ether oxygens (including phenoxy) is 1. The van der Waals surface area contributed by atoms with E-state index >= 15 is 0 Å². The summed E-state index contributed by atoms with van der Waals surface area (Å²) in [5.41, 5.74) is 1.96. The SMILES string of the molecule is COC(=O)CCCC(=O)N1CCCC2(CCc3c2nc(-c2cccnc2)[nH]c3=O)C1. The van der Waals surface area contributed by atoms with Gasteiger partial charge in [0, 0.05) is 54.9 Å². The highest BCUT2D eigenvalue weighted by molar-refractivity contribution is 5.77. The average Bonchev–Trinajstić information content (AvgIpc) is 3.12. The summed E-state index contributed by atoms with van der Waals surface area (Å²) in [5, 5.41) is 0. The third kappa shape index (κ3) is 3.86. The number of fused-ring (bicyclic) bond motifs is 2. The molecule has 1 spiro atoms. The van der Waals surface area contributed by atoms with Crippen LogP contribution in [-0.4, -0.2) is 51.9 Å². The van der Waals surface area contributed by atoms with Crippen LogP contribution in [0.2, 0.25) is 0 Å². The molecule has 1 N–H and O–H groups in total. The first kappa shape index (κ1) is 20.3. The van der Waals surface area contributed by atoms with Crippen LogP contribution < -0.4 is 5.56 Å². The number of esters is 1. The molecule has 1 aliphatic heterocycles.